The third kappa shape index (κ3) is 2.90. The highest BCUT2D eigenvalue weighted by atomic mass is 19.1. The predicted molar refractivity (Wildman–Crippen MR) is 69.4 cm³/mol. The molecular formula is C14H13FN2O3. The number of aryl methyl sites for hydroxylation is 1. The Bertz CT molecular complexity index is 664. The summed E-state index contributed by atoms with van der Waals surface area (Å²) in [4.78, 5) is 23.8. The highest BCUT2D eigenvalue weighted by Crippen LogP contribution is 2.19. The van der Waals surface area contributed by atoms with Gasteiger partial charge in [-0.2, -0.15) is 5.10 Å². The van der Waals surface area contributed by atoms with Crippen molar-refractivity contribution in [2.75, 3.05) is 7.11 Å². The van der Waals surface area contributed by atoms with Crippen molar-refractivity contribution in [2.45, 2.75) is 6.42 Å². The molecule has 5 nitrogen and oxygen atoms in total. The van der Waals surface area contributed by atoms with Crippen molar-refractivity contribution in [1.29, 1.82) is 0 Å². The molecule has 2 rings (SSSR count). The highest BCUT2D eigenvalue weighted by molar-refractivity contribution is 6.13. The van der Waals surface area contributed by atoms with Gasteiger partial charge in [0, 0.05) is 18.8 Å². The normalized spacial score (nSPS) is 10.3. The van der Waals surface area contributed by atoms with Gasteiger partial charge in [-0.1, -0.05) is 0 Å². The van der Waals surface area contributed by atoms with E-state index in [4.69, 9.17) is 4.74 Å². The van der Waals surface area contributed by atoms with Gasteiger partial charge < -0.3 is 4.74 Å². The Kier molecular flexibility index (Phi) is 3.93. The van der Waals surface area contributed by atoms with E-state index in [-0.39, 0.29) is 23.5 Å². The van der Waals surface area contributed by atoms with Crippen molar-refractivity contribution in [1.82, 2.24) is 9.78 Å². The number of carbonyl (C=O) groups is 2. The molecule has 0 atom stereocenters. The average Bonchev–Trinajstić information content (AvgIpc) is 2.85. The van der Waals surface area contributed by atoms with Crippen LogP contribution in [0.1, 0.15) is 27.1 Å². The van der Waals surface area contributed by atoms with Crippen LogP contribution in [-0.2, 0) is 7.05 Å². The number of methoxy groups -OCH3 is 1. The number of nitrogens with zero attached hydrogens (tertiary/aromatic N) is 2. The molecule has 104 valence electrons. The molecule has 0 amide bonds. The Morgan fingerprint density at radius 3 is 2.55 bits per heavy atom. The van der Waals surface area contributed by atoms with Crippen molar-refractivity contribution < 1.29 is 18.7 Å². The molecule has 1 heterocycles. The minimum Gasteiger partial charge on any atom is -0.494 e. The molecule has 0 saturated carbocycles. The minimum absolute atomic E-state index is 0.0557. The van der Waals surface area contributed by atoms with Crippen LogP contribution in [0.25, 0.3) is 0 Å². The summed E-state index contributed by atoms with van der Waals surface area (Å²) in [5.41, 5.74) is 0.496. The molecule has 0 fully saturated rings. The van der Waals surface area contributed by atoms with Gasteiger partial charge in [-0.3, -0.25) is 14.3 Å². The smallest absolute Gasteiger partial charge is 0.173 e. The number of hydrogen-bond acceptors (Lipinski definition) is 4. The summed E-state index contributed by atoms with van der Waals surface area (Å²) < 4.78 is 19.7. The number of carbonyl (C=O) groups excluding carboxylic acids is 2. The largest absolute Gasteiger partial charge is 0.494 e. The molecule has 6 heteroatoms. The molecule has 1 aromatic heterocycles. The minimum atomic E-state index is -0.632. The average molecular weight is 276 g/mol. The van der Waals surface area contributed by atoms with E-state index in [0.717, 1.165) is 6.07 Å². The van der Waals surface area contributed by atoms with E-state index in [2.05, 4.69) is 5.10 Å². The first kappa shape index (κ1) is 13.9. The predicted octanol–water partition coefficient (Wildman–Crippen LogP) is 2.02. The lowest BCUT2D eigenvalue weighted by molar-refractivity contribution is 0.0894. The molecule has 0 bridgehead atoms. The molecule has 0 aliphatic carbocycles. The Labute approximate surface area is 115 Å². The van der Waals surface area contributed by atoms with Crippen LogP contribution in [0.15, 0.2) is 30.6 Å². The Balaban J connectivity index is 2.12. The second kappa shape index (κ2) is 5.64. The Morgan fingerprint density at radius 1 is 1.30 bits per heavy atom. The van der Waals surface area contributed by atoms with Crippen LogP contribution in [0.3, 0.4) is 0 Å². The summed E-state index contributed by atoms with van der Waals surface area (Å²) in [6.45, 7) is 0. The molecular weight excluding hydrogens is 263 g/mol. The van der Waals surface area contributed by atoms with Crippen LogP contribution in [0.2, 0.25) is 0 Å². The zero-order valence-corrected chi connectivity index (χ0v) is 11.1. The van der Waals surface area contributed by atoms with Gasteiger partial charge in [0.2, 0.25) is 0 Å². The molecule has 0 saturated heterocycles. The third-order valence-electron chi connectivity index (χ3n) is 2.82. The fourth-order valence-electron chi connectivity index (χ4n) is 1.75. The number of Topliss-reactive ketones (excluding diaryl/α,β-unsaturated/α-hetero) is 2. The van der Waals surface area contributed by atoms with Gasteiger partial charge >= 0.3 is 0 Å². The maximum Gasteiger partial charge on any atom is 0.173 e. The van der Waals surface area contributed by atoms with Crippen molar-refractivity contribution in [3.63, 3.8) is 0 Å². The van der Waals surface area contributed by atoms with E-state index in [9.17, 15) is 14.0 Å². The van der Waals surface area contributed by atoms with Gasteiger partial charge in [-0.25, -0.2) is 4.39 Å². The van der Waals surface area contributed by atoms with Crippen molar-refractivity contribution in [3.05, 3.63) is 47.5 Å². The lowest BCUT2D eigenvalue weighted by atomic mass is 10.0. The van der Waals surface area contributed by atoms with Crippen LogP contribution in [0.5, 0.6) is 5.75 Å². The quantitative estimate of drug-likeness (QED) is 0.619. The van der Waals surface area contributed by atoms with E-state index < -0.39 is 11.6 Å². The van der Waals surface area contributed by atoms with Gasteiger partial charge in [-0.15, -0.1) is 0 Å². The van der Waals surface area contributed by atoms with Crippen LogP contribution in [0, 0.1) is 5.82 Å². The van der Waals surface area contributed by atoms with E-state index in [1.165, 1.54) is 36.3 Å². The van der Waals surface area contributed by atoms with Gasteiger partial charge in [0.25, 0.3) is 0 Å². The Morgan fingerprint density at radius 2 is 2.00 bits per heavy atom. The summed E-state index contributed by atoms with van der Waals surface area (Å²) in [5.74, 6) is -1.37. The number of rotatable bonds is 5. The SMILES string of the molecule is COc1ccc(C(=O)CC(=O)c2cnn(C)c2)cc1F. The summed E-state index contributed by atoms with van der Waals surface area (Å²) in [6, 6.07) is 3.86. The third-order valence-corrected chi connectivity index (χ3v) is 2.82. The fraction of sp³-hybridized carbons (Fsp3) is 0.214. The summed E-state index contributed by atoms with van der Waals surface area (Å²) in [5, 5.41) is 3.86. The number of hydrogen-bond donors (Lipinski definition) is 0. The van der Waals surface area contributed by atoms with E-state index >= 15 is 0 Å². The van der Waals surface area contributed by atoms with Crippen molar-refractivity contribution in [2.24, 2.45) is 7.05 Å². The fourth-order valence-corrected chi connectivity index (χ4v) is 1.75. The second-order valence-corrected chi connectivity index (χ2v) is 4.28. The number of benzene rings is 1. The standard InChI is InChI=1S/C14H13FN2O3/c1-17-8-10(7-16-17)13(19)6-12(18)9-3-4-14(20-2)11(15)5-9/h3-5,7-8H,6H2,1-2H3. The summed E-state index contributed by atoms with van der Waals surface area (Å²) in [7, 11) is 3.02. The molecule has 1 aromatic carbocycles. The maximum atomic E-state index is 13.5. The zero-order valence-electron chi connectivity index (χ0n) is 11.1. The zero-order chi connectivity index (χ0) is 14.7. The molecule has 0 radical (unpaired) electrons. The lowest BCUT2D eigenvalue weighted by Crippen LogP contribution is -2.08. The van der Waals surface area contributed by atoms with Gasteiger partial charge in [-0.05, 0) is 18.2 Å². The summed E-state index contributed by atoms with van der Waals surface area (Å²) in [6.07, 6.45) is 2.60. The number of halogens is 1. The van der Waals surface area contributed by atoms with Crippen LogP contribution >= 0.6 is 0 Å². The molecule has 20 heavy (non-hydrogen) atoms. The first-order valence-corrected chi connectivity index (χ1v) is 5.90. The van der Waals surface area contributed by atoms with Crippen molar-refractivity contribution in [3.8, 4) is 5.75 Å². The van der Waals surface area contributed by atoms with Crippen LogP contribution in [-0.4, -0.2) is 28.5 Å². The topological polar surface area (TPSA) is 61.2 Å². The second-order valence-electron chi connectivity index (χ2n) is 4.28. The van der Waals surface area contributed by atoms with Gasteiger partial charge in [0.05, 0.1) is 25.3 Å². The maximum absolute atomic E-state index is 13.5. The summed E-state index contributed by atoms with van der Waals surface area (Å²) >= 11 is 0. The first-order valence-electron chi connectivity index (χ1n) is 5.90. The highest BCUT2D eigenvalue weighted by Gasteiger charge is 2.16. The van der Waals surface area contributed by atoms with E-state index in [1.54, 1.807) is 7.05 Å². The van der Waals surface area contributed by atoms with Gasteiger partial charge in [0.1, 0.15) is 0 Å². The van der Waals surface area contributed by atoms with E-state index in [0.29, 0.717) is 5.56 Å². The van der Waals surface area contributed by atoms with Crippen LogP contribution < -0.4 is 4.74 Å². The van der Waals surface area contributed by atoms with Gasteiger partial charge in [0.15, 0.2) is 23.1 Å². The molecule has 0 aliphatic rings. The molecule has 0 spiro atoms. The van der Waals surface area contributed by atoms with Crippen molar-refractivity contribution >= 4 is 11.6 Å². The van der Waals surface area contributed by atoms with Crippen LogP contribution in [0.4, 0.5) is 4.39 Å². The molecule has 2 aromatic rings. The monoisotopic (exact) mass is 276 g/mol. The molecule has 0 unspecified atom stereocenters. The Hall–Kier alpha value is -2.50. The first-order chi connectivity index (χ1) is 9.51. The van der Waals surface area contributed by atoms with E-state index in [1.807, 2.05) is 0 Å². The number of aromatic nitrogens is 2. The lowest BCUT2D eigenvalue weighted by Gasteiger charge is -2.04. The number of ketones is 2. The molecule has 0 aliphatic heterocycles. The molecule has 0 N–H and O–H groups in total. The number of ether oxygens (including phenoxy) is 1.